The molecular weight excluding hydrogens is 835 g/mol. The van der Waals surface area contributed by atoms with Crippen molar-refractivity contribution in [3.63, 3.8) is 0 Å². The Kier molecular flexibility index (Phi) is 45.5. The first-order valence-electron chi connectivity index (χ1n) is 26.4. The highest BCUT2D eigenvalue weighted by Gasteiger charge is 2.31. The lowest BCUT2D eigenvalue weighted by Gasteiger charge is -2.31. The molecule has 0 rings (SSSR count). The zero-order chi connectivity index (χ0) is 49.2. The minimum absolute atomic E-state index is 0.0461. The van der Waals surface area contributed by atoms with E-state index in [1.165, 1.54) is 44.9 Å². The van der Waals surface area contributed by atoms with Crippen molar-refractivity contribution in [1.82, 2.24) is 0 Å². The first-order valence-corrected chi connectivity index (χ1v) is 26.4. The topological polar surface area (TPSA) is 99.1 Å². The van der Waals surface area contributed by atoms with Crippen molar-refractivity contribution in [3.05, 3.63) is 109 Å². The zero-order valence-corrected chi connectivity index (χ0v) is 43.3. The molecular formula is C59H98NO7+. The van der Waals surface area contributed by atoms with E-state index >= 15 is 0 Å². The highest BCUT2D eigenvalue weighted by atomic mass is 16.6. The number of hydrogen-bond donors (Lipinski definition) is 1. The number of rotatable bonds is 46. The van der Waals surface area contributed by atoms with Gasteiger partial charge in [0.15, 0.2) is 12.1 Å². The maximum atomic E-state index is 12.8. The normalized spacial score (nSPS) is 13.7. The minimum atomic E-state index is -0.882. The van der Waals surface area contributed by atoms with Crippen LogP contribution in [-0.4, -0.2) is 80.6 Å². The van der Waals surface area contributed by atoms with Gasteiger partial charge in [0.25, 0.3) is 0 Å². The van der Waals surface area contributed by atoms with Crippen LogP contribution in [0.3, 0.4) is 0 Å². The van der Waals surface area contributed by atoms with Crippen molar-refractivity contribution in [2.75, 3.05) is 41.0 Å². The van der Waals surface area contributed by atoms with Gasteiger partial charge in [0.1, 0.15) is 6.61 Å². The van der Waals surface area contributed by atoms with E-state index in [0.717, 1.165) is 116 Å². The smallest absolute Gasteiger partial charge is 0.362 e. The fraction of sp³-hybridized carbons (Fsp3) is 0.644. The summed E-state index contributed by atoms with van der Waals surface area (Å²) in [6.07, 6.45) is 67.1. The summed E-state index contributed by atoms with van der Waals surface area (Å²) in [6.45, 7) is 4.48. The van der Waals surface area contributed by atoms with Gasteiger partial charge in [-0.05, 0) is 96.3 Å². The lowest BCUT2D eigenvalue weighted by atomic mass is 10.1. The van der Waals surface area contributed by atoms with Crippen molar-refractivity contribution >= 4 is 17.9 Å². The van der Waals surface area contributed by atoms with Gasteiger partial charge in [-0.1, -0.05) is 187 Å². The number of carboxylic acids is 1. The fourth-order valence-electron chi connectivity index (χ4n) is 7.17. The fourth-order valence-corrected chi connectivity index (χ4v) is 7.17. The maximum Gasteiger partial charge on any atom is 0.362 e. The molecule has 2 atom stereocenters. The molecule has 0 aliphatic rings. The summed E-state index contributed by atoms with van der Waals surface area (Å²) in [5, 5.41) is 9.67. The number of carboxylic acid groups (broad SMARTS) is 1. The number of ether oxygens (including phenoxy) is 3. The van der Waals surface area contributed by atoms with E-state index < -0.39 is 18.1 Å². The lowest BCUT2D eigenvalue weighted by molar-refractivity contribution is -0.887. The number of carbonyl (C=O) groups excluding carboxylic acids is 2. The summed E-state index contributed by atoms with van der Waals surface area (Å²) in [5.41, 5.74) is 0. The van der Waals surface area contributed by atoms with Crippen molar-refractivity contribution in [1.29, 1.82) is 0 Å². The van der Waals surface area contributed by atoms with Crippen LogP contribution in [0.15, 0.2) is 109 Å². The standard InChI is InChI=1S/C59H97NO7/c1-6-8-10-12-14-16-18-20-22-24-26-28-29-30-32-33-35-37-39-41-43-45-47-49-57(61)66-54-55(53-65-52-51-56(59(63)64)60(3,4)5)67-58(62)50-48-46-44-42-40-38-36-34-31-27-25-23-21-19-17-15-13-11-9-7-2/h8-11,14-17,20-23,26-28,30-32,55-56H,6-7,12-13,18-19,24-25,29,33-54H2,1-5H3/p+1/b10-8+,11-9+,16-14+,17-15+,22-20+,23-21+,28-26+,31-27+,32-30+. The van der Waals surface area contributed by atoms with Gasteiger partial charge >= 0.3 is 17.9 Å². The van der Waals surface area contributed by atoms with E-state index in [-0.39, 0.29) is 36.2 Å². The quantitative estimate of drug-likeness (QED) is 0.0281. The van der Waals surface area contributed by atoms with Crippen molar-refractivity contribution < 1.29 is 38.2 Å². The van der Waals surface area contributed by atoms with Gasteiger partial charge in [0.2, 0.25) is 0 Å². The van der Waals surface area contributed by atoms with Crippen LogP contribution in [0.25, 0.3) is 0 Å². The lowest BCUT2D eigenvalue weighted by Crippen LogP contribution is -2.50. The number of hydrogen-bond acceptors (Lipinski definition) is 6. The Morgan fingerprint density at radius 3 is 1.16 bits per heavy atom. The molecule has 0 aromatic heterocycles. The van der Waals surface area contributed by atoms with Gasteiger partial charge in [-0.2, -0.15) is 0 Å². The highest BCUT2D eigenvalue weighted by molar-refractivity contribution is 5.72. The third-order valence-electron chi connectivity index (χ3n) is 11.2. The number of esters is 2. The molecule has 0 amide bonds. The maximum absolute atomic E-state index is 12.8. The van der Waals surface area contributed by atoms with Crippen molar-refractivity contribution in [2.24, 2.45) is 0 Å². The predicted molar refractivity (Wildman–Crippen MR) is 284 cm³/mol. The summed E-state index contributed by atoms with van der Waals surface area (Å²) in [7, 11) is 5.52. The molecule has 2 unspecified atom stereocenters. The number of aliphatic carboxylic acids is 1. The Morgan fingerprint density at radius 2 is 0.791 bits per heavy atom. The molecule has 0 saturated heterocycles. The number of carbonyl (C=O) groups is 3. The number of likely N-dealkylation sites (N-methyl/N-ethyl adjacent to an activating group) is 1. The molecule has 1 N–H and O–H groups in total. The van der Waals surface area contributed by atoms with E-state index in [4.69, 9.17) is 14.2 Å². The van der Waals surface area contributed by atoms with Gasteiger partial charge in [0.05, 0.1) is 34.4 Å². The third-order valence-corrected chi connectivity index (χ3v) is 11.2. The van der Waals surface area contributed by atoms with Crippen LogP contribution >= 0.6 is 0 Å². The van der Waals surface area contributed by atoms with Gasteiger partial charge in [-0.25, -0.2) is 4.79 Å². The Bertz CT molecular complexity index is 1460. The molecule has 8 nitrogen and oxygen atoms in total. The van der Waals surface area contributed by atoms with Crippen LogP contribution in [0.5, 0.6) is 0 Å². The molecule has 0 aliphatic heterocycles. The van der Waals surface area contributed by atoms with E-state index in [2.05, 4.69) is 123 Å². The SMILES string of the molecule is CC/C=C/C/C=C/C/C=C/C/C=C/C/C=C/CCCCCCCCCC(=O)OCC(COCCC(C(=O)O)[N+](C)(C)C)OC(=O)CCCCCCCCC/C=C/C/C=C/C/C=C/C/C=C/CC. The van der Waals surface area contributed by atoms with Crippen LogP contribution < -0.4 is 0 Å². The molecule has 8 heteroatoms. The van der Waals surface area contributed by atoms with Gasteiger partial charge in [-0.15, -0.1) is 0 Å². The third kappa shape index (κ3) is 46.9. The molecule has 67 heavy (non-hydrogen) atoms. The molecule has 0 aromatic rings. The van der Waals surface area contributed by atoms with Gasteiger partial charge in [0, 0.05) is 19.3 Å². The second-order valence-electron chi connectivity index (χ2n) is 18.4. The summed E-state index contributed by atoms with van der Waals surface area (Å²) >= 11 is 0. The molecule has 0 radical (unpaired) electrons. The van der Waals surface area contributed by atoms with Crippen molar-refractivity contribution in [2.45, 2.75) is 206 Å². The summed E-state index contributed by atoms with van der Waals surface area (Å²) < 4.78 is 17.4. The van der Waals surface area contributed by atoms with Crippen molar-refractivity contribution in [3.8, 4) is 0 Å². The summed E-state index contributed by atoms with van der Waals surface area (Å²) in [5.74, 6) is -1.50. The molecule has 0 bridgehead atoms. The number of unbranched alkanes of at least 4 members (excludes halogenated alkanes) is 14. The Morgan fingerprint density at radius 1 is 0.448 bits per heavy atom. The van der Waals surface area contributed by atoms with Gasteiger partial charge < -0.3 is 23.8 Å². The molecule has 0 spiro atoms. The second-order valence-corrected chi connectivity index (χ2v) is 18.4. The monoisotopic (exact) mass is 933 g/mol. The molecule has 0 heterocycles. The number of nitrogens with zero attached hydrogens (tertiary/aromatic N) is 1. The second kappa shape index (κ2) is 48.4. The number of quaternary nitrogens is 1. The highest BCUT2D eigenvalue weighted by Crippen LogP contribution is 2.14. The zero-order valence-electron chi connectivity index (χ0n) is 43.3. The molecule has 0 aromatic carbocycles. The van der Waals surface area contributed by atoms with Crippen LogP contribution in [0, 0.1) is 0 Å². The molecule has 380 valence electrons. The Hall–Kier alpha value is -4.01. The molecule has 0 fully saturated rings. The summed E-state index contributed by atoms with van der Waals surface area (Å²) in [6, 6.07) is -0.626. The van der Waals surface area contributed by atoms with Crippen LogP contribution in [0.1, 0.15) is 194 Å². The minimum Gasteiger partial charge on any atom is -0.477 e. The first kappa shape index (κ1) is 63.0. The summed E-state index contributed by atoms with van der Waals surface area (Å²) in [4.78, 5) is 37.2. The van der Waals surface area contributed by atoms with E-state index in [9.17, 15) is 19.5 Å². The molecule has 0 aliphatic carbocycles. The Balaban J connectivity index is 4.29. The van der Waals surface area contributed by atoms with Crippen LogP contribution in [-0.2, 0) is 28.6 Å². The van der Waals surface area contributed by atoms with Gasteiger partial charge in [-0.3, -0.25) is 9.59 Å². The van der Waals surface area contributed by atoms with E-state index in [1.54, 1.807) is 0 Å². The van der Waals surface area contributed by atoms with E-state index in [1.807, 2.05) is 21.1 Å². The average Bonchev–Trinajstić information content (AvgIpc) is 3.29. The predicted octanol–water partition coefficient (Wildman–Crippen LogP) is 15.6. The number of allylic oxidation sites excluding steroid dienone is 18. The average molecular weight is 933 g/mol. The first-order chi connectivity index (χ1) is 32.6. The van der Waals surface area contributed by atoms with E-state index in [0.29, 0.717) is 19.3 Å². The Labute approximate surface area is 410 Å². The van der Waals surface area contributed by atoms with Crippen LogP contribution in [0.4, 0.5) is 0 Å². The molecule has 0 saturated carbocycles. The largest absolute Gasteiger partial charge is 0.477 e. The van der Waals surface area contributed by atoms with Crippen LogP contribution in [0.2, 0.25) is 0 Å².